The van der Waals surface area contributed by atoms with Gasteiger partial charge in [-0.2, -0.15) is 0 Å². The zero-order valence-corrected chi connectivity index (χ0v) is 12.7. The van der Waals surface area contributed by atoms with Crippen LogP contribution in [-0.4, -0.2) is 22.4 Å². The van der Waals surface area contributed by atoms with Crippen molar-refractivity contribution in [1.82, 2.24) is 10.2 Å². The van der Waals surface area contributed by atoms with Crippen molar-refractivity contribution in [2.24, 2.45) is 0 Å². The maximum atomic E-state index is 12.1. The lowest BCUT2D eigenvalue weighted by Crippen LogP contribution is -2.12. The third-order valence-electron chi connectivity index (χ3n) is 2.71. The van der Waals surface area contributed by atoms with Crippen LogP contribution in [0.25, 0.3) is 10.8 Å². The van der Waals surface area contributed by atoms with Gasteiger partial charge in [0.05, 0.1) is 4.88 Å². The first-order chi connectivity index (χ1) is 10.3. The third kappa shape index (κ3) is 3.14. The van der Waals surface area contributed by atoms with Crippen molar-refractivity contribution in [3.8, 4) is 10.8 Å². The van der Waals surface area contributed by atoms with Gasteiger partial charge in [0.2, 0.25) is 0 Å². The Morgan fingerprint density at radius 1 is 1.29 bits per heavy atom. The minimum absolute atomic E-state index is 0.0953. The van der Waals surface area contributed by atoms with E-state index in [2.05, 4.69) is 15.5 Å². The molecule has 1 amide bonds. The number of carbonyl (C=O) groups excluding carboxylic acids is 1. The van der Waals surface area contributed by atoms with Crippen LogP contribution >= 0.6 is 23.1 Å². The number of benzene rings is 1. The number of thiophene rings is 1. The predicted molar refractivity (Wildman–Crippen MR) is 83.8 cm³/mol. The Morgan fingerprint density at radius 3 is 2.95 bits per heavy atom. The fraction of sp³-hybridized carbons (Fsp3) is 0.0714. The Hall–Kier alpha value is -2.12. The minimum atomic E-state index is -0.271. The summed E-state index contributed by atoms with van der Waals surface area (Å²) in [5.74, 6) is 0.130. The molecule has 2 heterocycles. The maximum absolute atomic E-state index is 12.1. The summed E-state index contributed by atoms with van der Waals surface area (Å²) in [5, 5.41) is 12.3. The fourth-order valence-corrected chi connectivity index (χ4v) is 2.81. The Kier molecular flexibility index (Phi) is 4.03. The monoisotopic (exact) mass is 317 g/mol. The zero-order valence-electron chi connectivity index (χ0n) is 11.1. The normalized spacial score (nSPS) is 10.5. The van der Waals surface area contributed by atoms with E-state index >= 15 is 0 Å². The number of anilines is 1. The van der Waals surface area contributed by atoms with Gasteiger partial charge in [-0.3, -0.25) is 10.1 Å². The number of aromatic nitrogens is 2. The number of amides is 1. The van der Waals surface area contributed by atoms with Crippen LogP contribution in [0.15, 0.2) is 51.1 Å². The molecule has 0 saturated carbocycles. The summed E-state index contributed by atoms with van der Waals surface area (Å²) in [7, 11) is 0. The summed E-state index contributed by atoms with van der Waals surface area (Å²) >= 11 is 3.08. The number of rotatable bonds is 4. The number of hydrogen-bond acceptors (Lipinski definition) is 6. The van der Waals surface area contributed by atoms with Gasteiger partial charge >= 0.3 is 6.01 Å². The van der Waals surface area contributed by atoms with E-state index in [1.165, 1.54) is 11.3 Å². The summed E-state index contributed by atoms with van der Waals surface area (Å²) in [6.45, 7) is 0. The standard InChI is InChI=1S/C14H11N3O2S2/c1-20-10-5-2-4-9(8-10)12(18)15-14-17-16-13(19-14)11-6-3-7-21-11/h2-8H,1H3,(H,15,17,18). The minimum Gasteiger partial charge on any atom is -0.402 e. The summed E-state index contributed by atoms with van der Waals surface area (Å²) in [4.78, 5) is 14.0. The lowest BCUT2D eigenvalue weighted by molar-refractivity contribution is 0.102. The molecule has 3 aromatic rings. The number of thioether (sulfide) groups is 1. The van der Waals surface area contributed by atoms with Crippen LogP contribution in [0.4, 0.5) is 6.01 Å². The van der Waals surface area contributed by atoms with E-state index in [0.29, 0.717) is 11.5 Å². The topological polar surface area (TPSA) is 68.0 Å². The molecule has 106 valence electrons. The average Bonchev–Trinajstić information content (AvgIpc) is 3.18. The second-order valence-corrected chi connectivity index (χ2v) is 5.90. The SMILES string of the molecule is CSc1cccc(C(=O)Nc2nnc(-c3cccs3)o2)c1. The van der Waals surface area contributed by atoms with Crippen molar-refractivity contribution < 1.29 is 9.21 Å². The molecule has 1 aromatic carbocycles. The molecule has 0 aliphatic rings. The summed E-state index contributed by atoms with van der Waals surface area (Å²) in [6, 6.07) is 11.2. The van der Waals surface area contributed by atoms with E-state index in [1.807, 2.05) is 42.0 Å². The van der Waals surface area contributed by atoms with E-state index in [9.17, 15) is 4.79 Å². The molecule has 0 radical (unpaired) electrons. The number of hydrogen-bond donors (Lipinski definition) is 1. The van der Waals surface area contributed by atoms with Crippen molar-refractivity contribution in [2.45, 2.75) is 4.90 Å². The highest BCUT2D eigenvalue weighted by atomic mass is 32.2. The molecule has 21 heavy (non-hydrogen) atoms. The van der Waals surface area contributed by atoms with Gasteiger partial charge in [-0.25, -0.2) is 0 Å². The first-order valence-corrected chi connectivity index (χ1v) is 8.19. The summed E-state index contributed by atoms with van der Waals surface area (Å²) in [6.07, 6.45) is 1.96. The van der Waals surface area contributed by atoms with E-state index in [0.717, 1.165) is 9.77 Å². The highest BCUT2D eigenvalue weighted by Gasteiger charge is 2.13. The van der Waals surface area contributed by atoms with Crippen LogP contribution < -0.4 is 5.32 Å². The largest absolute Gasteiger partial charge is 0.402 e. The van der Waals surface area contributed by atoms with E-state index in [1.54, 1.807) is 17.8 Å². The molecule has 1 N–H and O–H groups in total. The van der Waals surface area contributed by atoms with Gasteiger partial charge < -0.3 is 4.42 Å². The molecule has 0 aliphatic heterocycles. The van der Waals surface area contributed by atoms with Crippen molar-refractivity contribution in [3.05, 3.63) is 47.3 Å². The molecule has 5 nitrogen and oxygen atoms in total. The highest BCUT2D eigenvalue weighted by Crippen LogP contribution is 2.24. The second-order valence-electron chi connectivity index (χ2n) is 4.08. The van der Waals surface area contributed by atoms with Gasteiger partial charge in [0, 0.05) is 10.5 Å². The number of nitrogens with zero attached hydrogens (tertiary/aromatic N) is 2. The van der Waals surface area contributed by atoms with Crippen LogP contribution in [0, 0.1) is 0 Å². The second kappa shape index (κ2) is 6.11. The molecule has 2 aromatic heterocycles. The number of nitrogens with one attached hydrogen (secondary N) is 1. The highest BCUT2D eigenvalue weighted by molar-refractivity contribution is 7.98. The smallest absolute Gasteiger partial charge is 0.322 e. The first-order valence-electron chi connectivity index (χ1n) is 6.09. The average molecular weight is 317 g/mol. The van der Waals surface area contributed by atoms with Gasteiger partial charge in [0.25, 0.3) is 11.8 Å². The molecule has 0 bridgehead atoms. The third-order valence-corrected chi connectivity index (χ3v) is 4.29. The Balaban J connectivity index is 1.75. The molecule has 0 spiro atoms. The Morgan fingerprint density at radius 2 is 2.19 bits per heavy atom. The maximum Gasteiger partial charge on any atom is 0.322 e. The molecule has 0 aliphatic carbocycles. The van der Waals surface area contributed by atoms with Gasteiger partial charge in [-0.1, -0.05) is 17.2 Å². The van der Waals surface area contributed by atoms with Crippen LogP contribution in [0.5, 0.6) is 0 Å². The molecule has 7 heteroatoms. The molecule has 0 saturated heterocycles. The zero-order chi connectivity index (χ0) is 14.7. The van der Waals surface area contributed by atoms with Gasteiger partial charge in [0.1, 0.15) is 0 Å². The van der Waals surface area contributed by atoms with Gasteiger partial charge in [-0.05, 0) is 35.9 Å². The van der Waals surface area contributed by atoms with Gasteiger partial charge in [-0.15, -0.1) is 28.2 Å². The van der Waals surface area contributed by atoms with Gasteiger partial charge in [0.15, 0.2) is 0 Å². The molecule has 0 unspecified atom stereocenters. The summed E-state index contributed by atoms with van der Waals surface area (Å²) < 4.78 is 5.43. The quantitative estimate of drug-likeness (QED) is 0.742. The first kappa shape index (κ1) is 13.8. The Labute approximate surface area is 129 Å². The summed E-state index contributed by atoms with van der Waals surface area (Å²) in [5.41, 5.74) is 0.553. The van der Waals surface area contributed by atoms with Crippen LogP contribution in [-0.2, 0) is 0 Å². The molecule has 3 rings (SSSR count). The Bertz CT molecular complexity index is 753. The van der Waals surface area contributed by atoms with E-state index < -0.39 is 0 Å². The van der Waals surface area contributed by atoms with Crippen LogP contribution in [0.1, 0.15) is 10.4 Å². The van der Waals surface area contributed by atoms with Crippen molar-refractivity contribution in [2.75, 3.05) is 11.6 Å². The van der Waals surface area contributed by atoms with E-state index in [4.69, 9.17) is 4.42 Å². The fourth-order valence-electron chi connectivity index (χ4n) is 1.71. The predicted octanol–water partition coefficient (Wildman–Crippen LogP) is 3.77. The van der Waals surface area contributed by atoms with Crippen molar-refractivity contribution in [1.29, 1.82) is 0 Å². The lowest BCUT2D eigenvalue weighted by Gasteiger charge is -2.02. The van der Waals surface area contributed by atoms with Crippen molar-refractivity contribution >= 4 is 35.0 Å². The molecule has 0 atom stereocenters. The van der Waals surface area contributed by atoms with E-state index in [-0.39, 0.29) is 11.9 Å². The molecule has 0 fully saturated rings. The molecular formula is C14H11N3O2S2. The number of carbonyl (C=O) groups is 1. The molecular weight excluding hydrogens is 306 g/mol. The van der Waals surface area contributed by atoms with Crippen LogP contribution in [0.2, 0.25) is 0 Å². The van der Waals surface area contributed by atoms with Crippen molar-refractivity contribution in [3.63, 3.8) is 0 Å². The lowest BCUT2D eigenvalue weighted by atomic mass is 10.2. The van der Waals surface area contributed by atoms with Crippen LogP contribution in [0.3, 0.4) is 0 Å².